The molecular formula is C26H34N7O5PS. The van der Waals surface area contributed by atoms with Gasteiger partial charge in [-0.25, -0.2) is 10.1 Å². The van der Waals surface area contributed by atoms with E-state index in [1.54, 1.807) is 43.8 Å². The van der Waals surface area contributed by atoms with Crippen molar-refractivity contribution in [3.05, 3.63) is 36.7 Å². The zero-order valence-electron chi connectivity index (χ0n) is 23.1. The van der Waals surface area contributed by atoms with Gasteiger partial charge in [-0.15, -0.1) is 6.42 Å². The van der Waals surface area contributed by atoms with Gasteiger partial charge in [0.1, 0.15) is 11.8 Å². The van der Waals surface area contributed by atoms with E-state index in [1.807, 2.05) is 37.2 Å². The molecule has 0 amide bonds. The van der Waals surface area contributed by atoms with E-state index in [9.17, 15) is 4.79 Å². The van der Waals surface area contributed by atoms with Crippen LogP contribution in [0.2, 0.25) is 0 Å². The van der Waals surface area contributed by atoms with E-state index < -0.39 is 31.0 Å². The van der Waals surface area contributed by atoms with Gasteiger partial charge < -0.3 is 29.2 Å². The maximum absolute atomic E-state index is 12.5. The van der Waals surface area contributed by atoms with Crippen LogP contribution in [0.4, 0.5) is 11.8 Å². The van der Waals surface area contributed by atoms with Crippen LogP contribution in [-0.4, -0.2) is 64.4 Å². The molecular weight excluding hydrogens is 553 g/mol. The van der Waals surface area contributed by atoms with E-state index >= 15 is 0 Å². The Morgan fingerprint density at radius 3 is 2.70 bits per heavy atom. The number of carbonyl (C=O) groups excluding carboxylic acids is 1. The molecule has 0 radical (unpaired) electrons. The Morgan fingerprint density at radius 1 is 1.32 bits per heavy atom. The van der Waals surface area contributed by atoms with Crippen LogP contribution in [-0.2, 0) is 30.6 Å². The topological polar surface area (TPSA) is 139 Å². The van der Waals surface area contributed by atoms with Gasteiger partial charge >= 0.3 is 12.6 Å². The first-order chi connectivity index (χ1) is 19.0. The van der Waals surface area contributed by atoms with Crippen molar-refractivity contribution >= 4 is 47.3 Å². The standard InChI is InChI=1S/C26H34N7O5PS/c1-7-18-13-20(37-24(18)33-15-28-21-22(32(5)6)29-26(27)30-23(21)33)14-35-39(40,38-19-11-9-8-10-12-19)31-17(4)25(34)36-16(2)3/h1,8-12,15-18,20,24H,13-14H2,2-6H3,(H,31,40)(H2,27,29,30)/t17-,18+,20+,24-,39?/m1/s1. The molecule has 12 nitrogen and oxygen atoms in total. The maximum atomic E-state index is 12.5. The first-order valence-electron chi connectivity index (χ1n) is 12.8. The van der Waals surface area contributed by atoms with E-state index in [-0.39, 0.29) is 24.6 Å². The molecule has 0 bridgehead atoms. The van der Waals surface area contributed by atoms with Gasteiger partial charge in [0.2, 0.25) is 5.95 Å². The van der Waals surface area contributed by atoms with E-state index in [0.29, 0.717) is 29.2 Å². The number of fused-ring (bicyclic) bond motifs is 1. The van der Waals surface area contributed by atoms with Crippen LogP contribution in [0.15, 0.2) is 36.7 Å². The van der Waals surface area contributed by atoms with Gasteiger partial charge in [0.25, 0.3) is 0 Å². The van der Waals surface area contributed by atoms with Crippen LogP contribution in [0.25, 0.3) is 11.2 Å². The van der Waals surface area contributed by atoms with Crippen LogP contribution >= 0.6 is 6.64 Å². The van der Waals surface area contributed by atoms with Crippen molar-refractivity contribution in [1.29, 1.82) is 0 Å². The predicted molar refractivity (Wildman–Crippen MR) is 156 cm³/mol. The summed E-state index contributed by atoms with van der Waals surface area (Å²) in [5.74, 6) is 3.26. The zero-order valence-corrected chi connectivity index (χ0v) is 24.8. The van der Waals surface area contributed by atoms with Crippen molar-refractivity contribution in [2.24, 2.45) is 5.92 Å². The van der Waals surface area contributed by atoms with Crippen molar-refractivity contribution in [3.8, 4) is 18.1 Å². The summed E-state index contributed by atoms with van der Waals surface area (Å²) >= 11 is 5.81. The van der Waals surface area contributed by atoms with Crippen LogP contribution < -0.4 is 20.2 Å². The van der Waals surface area contributed by atoms with Gasteiger partial charge in [-0.2, -0.15) is 9.97 Å². The predicted octanol–water partition coefficient (Wildman–Crippen LogP) is 3.26. The normalized spacial score (nSPS) is 21.1. The third-order valence-electron chi connectivity index (χ3n) is 5.98. The third kappa shape index (κ3) is 6.89. The average Bonchev–Trinajstić information content (AvgIpc) is 3.50. The second-order valence-electron chi connectivity index (χ2n) is 9.82. The fourth-order valence-corrected chi connectivity index (χ4v) is 6.63. The molecule has 2 aromatic heterocycles. The van der Waals surface area contributed by atoms with E-state index in [0.717, 1.165) is 0 Å². The number of terminal acetylenes is 1. The van der Waals surface area contributed by atoms with Gasteiger partial charge in [-0.05, 0) is 51.1 Å². The third-order valence-corrected chi connectivity index (χ3v) is 8.48. The molecule has 3 heterocycles. The number of hydrogen-bond donors (Lipinski definition) is 2. The molecule has 1 aliphatic heterocycles. The number of anilines is 2. The molecule has 3 aromatic rings. The summed E-state index contributed by atoms with van der Waals surface area (Å²) in [6, 6.07) is 8.27. The van der Waals surface area contributed by atoms with Crippen LogP contribution in [0.3, 0.4) is 0 Å². The van der Waals surface area contributed by atoms with Crippen molar-refractivity contribution in [2.45, 2.75) is 51.7 Å². The average molecular weight is 588 g/mol. The quantitative estimate of drug-likeness (QED) is 0.193. The van der Waals surface area contributed by atoms with Crippen LogP contribution in [0, 0.1) is 18.3 Å². The molecule has 0 aliphatic carbocycles. The van der Waals surface area contributed by atoms with E-state index in [2.05, 4.69) is 26.0 Å². The van der Waals surface area contributed by atoms with Gasteiger partial charge in [0.05, 0.1) is 31.1 Å². The lowest BCUT2D eigenvalue weighted by Crippen LogP contribution is -2.36. The number of aromatic nitrogens is 4. The minimum atomic E-state index is -3.23. The smallest absolute Gasteiger partial charge is 0.323 e. The highest BCUT2D eigenvalue weighted by atomic mass is 32.5. The zero-order chi connectivity index (χ0) is 29.0. The summed E-state index contributed by atoms with van der Waals surface area (Å²) < 4.78 is 25.7. The summed E-state index contributed by atoms with van der Waals surface area (Å²) in [5, 5.41) is 3.04. The highest BCUT2D eigenvalue weighted by Gasteiger charge is 2.38. The number of nitrogens with one attached hydrogen (secondary N) is 1. The Bertz CT molecular complexity index is 1430. The van der Waals surface area contributed by atoms with E-state index in [1.165, 1.54) is 0 Å². The second kappa shape index (κ2) is 12.5. The molecule has 3 N–H and O–H groups in total. The van der Waals surface area contributed by atoms with Gasteiger partial charge in [-0.1, -0.05) is 24.1 Å². The minimum absolute atomic E-state index is 0.0738. The number of nitrogen functional groups attached to an aromatic ring is 1. The number of carbonyl (C=O) groups is 1. The van der Waals surface area contributed by atoms with Crippen LogP contribution in [0.1, 0.15) is 33.4 Å². The van der Waals surface area contributed by atoms with Crippen LogP contribution in [0.5, 0.6) is 5.75 Å². The van der Waals surface area contributed by atoms with Crippen molar-refractivity contribution < 1.29 is 23.3 Å². The Labute approximate surface area is 238 Å². The van der Waals surface area contributed by atoms with Crippen molar-refractivity contribution in [1.82, 2.24) is 24.6 Å². The number of hydrogen-bond acceptors (Lipinski definition) is 11. The first kappa shape index (κ1) is 29.7. The molecule has 1 aliphatic rings. The lowest BCUT2D eigenvalue weighted by Gasteiger charge is -2.27. The maximum Gasteiger partial charge on any atom is 0.323 e. The lowest BCUT2D eigenvalue weighted by molar-refractivity contribution is -0.149. The second-order valence-corrected chi connectivity index (χ2v) is 13.0. The largest absolute Gasteiger partial charge is 0.462 e. The van der Waals surface area contributed by atoms with Gasteiger partial charge in [-0.3, -0.25) is 9.36 Å². The van der Waals surface area contributed by atoms with Gasteiger partial charge in [0.15, 0.2) is 23.2 Å². The summed E-state index contributed by atoms with van der Waals surface area (Å²) in [5.41, 5.74) is 7.07. The Kier molecular flexibility index (Phi) is 9.28. The summed E-state index contributed by atoms with van der Waals surface area (Å²) in [4.78, 5) is 27.5. The fourth-order valence-electron chi connectivity index (χ4n) is 4.20. The monoisotopic (exact) mass is 587 g/mol. The lowest BCUT2D eigenvalue weighted by atomic mass is 10.0. The number of nitrogens with zero attached hydrogens (tertiary/aromatic N) is 5. The Balaban J connectivity index is 1.53. The molecule has 14 heteroatoms. The van der Waals surface area contributed by atoms with Crippen molar-refractivity contribution in [2.75, 3.05) is 31.3 Å². The number of esters is 1. The fraction of sp³-hybridized carbons (Fsp3) is 0.462. The highest BCUT2D eigenvalue weighted by molar-refractivity contribution is 8.09. The summed E-state index contributed by atoms with van der Waals surface area (Å²) in [7, 11) is 3.70. The Morgan fingerprint density at radius 2 is 2.05 bits per heavy atom. The molecule has 4 rings (SSSR count). The number of nitrogens with two attached hydrogens (primary N) is 1. The van der Waals surface area contributed by atoms with Crippen molar-refractivity contribution in [3.63, 3.8) is 0 Å². The number of ether oxygens (including phenoxy) is 2. The first-order valence-corrected chi connectivity index (χ1v) is 15.4. The molecule has 40 heavy (non-hydrogen) atoms. The molecule has 5 atom stereocenters. The number of benzene rings is 1. The number of imidazole rings is 1. The van der Waals surface area contributed by atoms with Gasteiger partial charge in [0, 0.05) is 14.1 Å². The molecule has 1 unspecified atom stereocenters. The highest BCUT2D eigenvalue weighted by Crippen LogP contribution is 2.47. The Hall–Kier alpha value is -3.27. The molecule has 1 aromatic carbocycles. The van der Waals surface area contributed by atoms with E-state index in [4.69, 9.17) is 42.5 Å². The summed E-state index contributed by atoms with van der Waals surface area (Å²) in [6.45, 7) is 2.05. The molecule has 214 valence electrons. The number of para-hydroxylation sites is 1. The molecule has 1 fully saturated rings. The molecule has 0 saturated carbocycles. The summed E-state index contributed by atoms with van der Waals surface area (Å²) in [6.07, 6.45) is 6.76. The molecule has 0 spiro atoms. The number of rotatable bonds is 11. The SMILES string of the molecule is C#C[C@H]1C[C@@H](COP(=S)(N[C@H](C)C(=O)OC(C)C)Oc2ccccc2)O[C@H]1n1cnc2c(N(C)C)nc(N)nc21. The molecule has 1 saturated heterocycles. The minimum Gasteiger partial charge on any atom is -0.462 e.